The molecule has 0 aliphatic carbocycles. The summed E-state index contributed by atoms with van der Waals surface area (Å²) in [5.74, 6) is -0.257. The van der Waals surface area contributed by atoms with Gasteiger partial charge in [0, 0.05) is 12.6 Å². The maximum atomic E-state index is 11.3. The molecular weight excluding hydrogens is 210 g/mol. The highest BCUT2D eigenvalue weighted by molar-refractivity contribution is 4.90. The summed E-state index contributed by atoms with van der Waals surface area (Å²) in [6.45, 7) is 6.16. The first kappa shape index (κ1) is 12.9. The Bertz CT molecular complexity index is 383. The molecule has 16 heavy (non-hydrogen) atoms. The van der Waals surface area contributed by atoms with Crippen LogP contribution in [-0.2, 0) is 6.54 Å². The molecule has 6 nitrogen and oxygen atoms in total. The van der Waals surface area contributed by atoms with Crippen LogP contribution < -0.4 is 11.1 Å². The van der Waals surface area contributed by atoms with Crippen molar-refractivity contribution in [2.75, 3.05) is 7.05 Å². The van der Waals surface area contributed by atoms with Crippen LogP contribution in [-0.4, -0.2) is 28.0 Å². The second-order valence-electron chi connectivity index (χ2n) is 4.03. The summed E-state index contributed by atoms with van der Waals surface area (Å²) in [6, 6.07) is -0.191. The number of aliphatic hydroxyl groups excluding tert-OH is 1. The lowest BCUT2D eigenvalue weighted by Gasteiger charge is -2.23. The molecule has 1 rings (SSSR count). The smallest absolute Gasteiger partial charge is 0.389 e. The van der Waals surface area contributed by atoms with E-state index in [4.69, 9.17) is 4.42 Å². The lowest BCUT2D eigenvalue weighted by molar-refractivity contribution is 0.0820. The number of hydrogen-bond donors (Lipinski definition) is 2. The van der Waals surface area contributed by atoms with Crippen LogP contribution >= 0.6 is 0 Å². The molecule has 6 heteroatoms. The van der Waals surface area contributed by atoms with Crippen molar-refractivity contribution < 1.29 is 9.52 Å². The van der Waals surface area contributed by atoms with Gasteiger partial charge in [-0.25, -0.2) is 4.79 Å². The SMILES string of the molecule is CCn1nc(C(O)C(NC)C(C)C)oc1=O. The second-order valence-corrected chi connectivity index (χ2v) is 4.03. The summed E-state index contributed by atoms with van der Waals surface area (Å²) >= 11 is 0. The molecule has 1 heterocycles. The van der Waals surface area contributed by atoms with Crippen molar-refractivity contribution >= 4 is 0 Å². The predicted molar refractivity (Wildman–Crippen MR) is 59.1 cm³/mol. The van der Waals surface area contributed by atoms with E-state index in [1.807, 2.05) is 13.8 Å². The summed E-state index contributed by atoms with van der Waals surface area (Å²) in [4.78, 5) is 11.3. The van der Waals surface area contributed by atoms with E-state index in [0.717, 1.165) is 0 Å². The normalized spacial score (nSPS) is 15.4. The number of rotatable bonds is 5. The van der Waals surface area contributed by atoms with E-state index in [1.54, 1.807) is 14.0 Å². The van der Waals surface area contributed by atoms with Gasteiger partial charge in [0.25, 0.3) is 0 Å². The molecule has 0 aromatic carbocycles. The zero-order valence-electron chi connectivity index (χ0n) is 10.1. The Balaban J connectivity index is 2.94. The van der Waals surface area contributed by atoms with Crippen molar-refractivity contribution in [1.82, 2.24) is 15.1 Å². The summed E-state index contributed by atoms with van der Waals surface area (Å²) < 4.78 is 6.09. The third-order valence-corrected chi connectivity index (χ3v) is 2.57. The summed E-state index contributed by atoms with van der Waals surface area (Å²) in [5, 5.41) is 16.9. The molecule has 2 atom stereocenters. The molecule has 0 aliphatic heterocycles. The number of aromatic nitrogens is 2. The predicted octanol–water partition coefficient (Wildman–Crippen LogP) is 0.134. The Hall–Kier alpha value is -1.14. The van der Waals surface area contributed by atoms with Crippen LogP contribution in [0.2, 0.25) is 0 Å². The van der Waals surface area contributed by atoms with Gasteiger partial charge >= 0.3 is 5.76 Å². The van der Waals surface area contributed by atoms with Gasteiger partial charge in [-0.1, -0.05) is 13.8 Å². The van der Waals surface area contributed by atoms with Crippen molar-refractivity contribution in [1.29, 1.82) is 0 Å². The largest absolute Gasteiger partial charge is 0.437 e. The summed E-state index contributed by atoms with van der Waals surface area (Å²) in [7, 11) is 1.75. The molecule has 92 valence electrons. The third kappa shape index (κ3) is 2.51. The standard InChI is InChI=1S/C10H19N3O3/c1-5-13-10(15)16-9(12-13)8(14)7(11-4)6(2)3/h6-8,11,14H,5H2,1-4H3. The summed E-state index contributed by atoms with van der Waals surface area (Å²) in [6.07, 6.45) is -0.912. The van der Waals surface area contributed by atoms with Gasteiger partial charge in [0.15, 0.2) is 0 Å². The van der Waals surface area contributed by atoms with Gasteiger partial charge in [0.1, 0.15) is 6.10 Å². The van der Waals surface area contributed by atoms with Crippen LogP contribution in [0.5, 0.6) is 0 Å². The second kappa shape index (κ2) is 5.27. The van der Waals surface area contributed by atoms with Gasteiger partial charge in [-0.05, 0) is 19.9 Å². The molecule has 0 spiro atoms. The fourth-order valence-electron chi connectivity index (χ4n) is 1.65. The Morgan fingerprint density at radius 2 is 2.19 bits per heavy atom. The maximum Gasteiger partial charge on any atom is 0.437 e. The van der Waals surface area contributed by atoms with Gasteiger partial charge < -0.3 is 14.8 Å². The van der Waals surface area contributed by atoms with Crippen molar-refractivity contribution in [2.45, 2.75) is 39.5 Å². The van der Waals surface area contributed by atoms with E-state index in [0.29, 0.717) is 6.54 Å². The highest BCUT2D eigenvalue weighted by atomic mass is 16.4. The van der Waals surface area contributed by atoms with E-state index in [-0.39, 0.29) is 17.9 Å². The van der Waals surface area contributed by atoms with Crippen LogP contribution in [0.4, 0.5) is 0 Å². The fraction of sp³-hybridized carbons (Fsp3) is 0.800. The topological polar surface area (TPSA) is 80.3 Å². The van der Waals surface area contributed by atoms with Crippen molar-refractivity contribution in [2.24, 2.45) is 5.92 Å². The Labute approximate surface area is 94.3 Å². The highest BCUT2D eigenvalue weighted by Crippen LogP contribution is 2.18. The van der Waals surface area contributed by atoms with Crippen molar-refractivity contribution in [3.05, 3.63) is 16.4 Å². The average molecular weight is 229 g/mol. The molecule has 0 bridgehead atoms. The van der Waals surface area contributed by atoms with Gasteiger partial charge in [0.2, 0.25) is 5.89 Å². The van der Waals surface area contributed by atoms with E-state index in [1.165, 1.54) is 4.68 Å². The average Bonchev–Trinajstić information content (AvgIpc) is 2.60. The van der Waals surface area contributed by atoms with Crippen LogP contribution in [0.15, 0.2) is 9.21 Å². The zero-order chi connectivity index (χ0) is 12.3. The minimum absolute atomic E-state index is 0.0694. The van der Waals surface area contributed by atoms with E-state index < -0.39 is 11.9 Å². The Kier molecular flexibility index (Phi) is 4.26. The molecule has 0 fully saturated rings. The lowest BCUT2D eigenvalue weighted by Crippen LogP contribution is -2.37. The number of likely N-dealkylation sites (N-methyl/N-ethyl adjacent to an activating group) is 1. The molecule has 2 N–H and O–H groups in total. The first-order valence-corrected chi connectivity index (χ1v) is 5.44. The first-order chi connectivity index (χ1) is 7.51. The first-order valence-electron chi connectivity index (χ1n) is 5.44. The third-order valence-electron chi connectivity index (χ3n) is 2.57. The molecule has 0 radical (unpaired) electrons. The van der Waals surface area contributed by atoms with Gasteiger partial charge in [-0.2, -0.15) is 4.68 Å². The molecule has 1 aromatic rings. The quantitative estimate of drug-likeness (QED) is 0.750. The minimum atomic E-state index is -0.912. The maximum absolute atomic E-state index is 11.3. The molecule has 0 saturated heterocycles. The van der Waals surface area contributed by atoms with E-state index in [2.05, 4.69) is 10.4 Å². The van der Waals surface area contributed by atoms with Crippen LogP contribution in [0, 0.1) is 5.92 Å². The lowest BCUT2D eigenvalue weighted by atomic mass is 9.99. The molecule has 1 aromatic heterocycles. The molecule has 0 aliphatic rings. The van der Waals surface area contributed by atoms with Crippen molar-refractivity contribution in [3.63, 3.8) is 0 Å². The minimum Gasteiger partial charge on any atom is -0.389 e. The van der Waals surface area contributed by atoms with Gasteiger partial charge in [-0.3, -0.25) is 0 Å². The molecular formula is C10H19N3O3. The molecule has 0 amide bonds. The monoisotopic (exact) mass is 229 g/mol. The molecule has 2 unspecified atom stereocenters. The number of nitrogens with one attached hydrogen (secondary N) is 1. The van der Waals surface area contributed by atoms with E-state index >= 15 is 0 Å². The number of aryl methyl sites for hydroxylation is 1. The Morgan fingerprint density at radius 1 is 1.56 bits per heavy atom. The zero-order valence-corrected chi connectivity index (χ0v) is 10.1. The molecule has 0 saturated carbocycles. The van der Waals surface area contributed by atoms with Gasteiger partial charge in [-0.15, -0.1) is 5.10 Å². The van der Waals surface area contributed by atoms with Gasteiger partial charge in [0.05, 0.1) is 0 Å². The summed E-state index contributed by atoms with van der Waals surface area (Å²) in [5.41, 5.74) is 0. The van der Waals surface area contributed by atoms with Crippen LogP contribution in [0.3, 0.4) is 0 Å². The van der Waals surface area contributed by atoms with Crippen molar-refractivity contribution in [3.8, 4) is 0 Å². The number of aliphatic hydroxyl groups is 1. The number of hydrogen-bond acceptors (Lipinski definition) is 5. The number of nitrogens with zero attached hydrogens (tertiary/aromatic N) is 2. The fourth-order valence-corrected chi connectivity index (χ4v) is 1.65. The van der Waals surface area contributed by atoms with Crippen LogP contribution in [0.25, 0.3) is 0 Å². The Morgan fingerprint density at radius 3 is 2.56 bits per heavy atom. The van der Waals surface area contributed by atoms with E-state index in [9.17, 15) is 9.90 Å². The highest BCUT2D eigenvalue weighted by Gasteiger charge is 2.27. The van der Waals surface area contributed by atoms with Crippen LogP contribution in [0.1, 0.15) is 32.8 Å².